The van der Waals surface area contributed by atoms with Gasteiger partial charge in [-0.3, -0.25) is 4.79 Å². The van der Waals surface area contributed by atoms with E-state index in [0.29, 0.717) is 12.5 Å². The van der Waals surface area contributed by atoms with Crippen LogP contribution in [-0.2, 0) is 17.8 Å². The predicted octanol–water partition coefficient (Wildman–Crippen LogP) is 2.10. The lowest BCUT2D eigenvalue weighted by Gasteiger charge is -2.16. The highest BCUT2D eigenvalue weighted by Gasteiger charge is 2.23. The zero-order valence-electron chi connectivity index (χ0n) is 14.6. The Balaban J connectivity index is 1.60. The van der Waals surface area contributed by atoms with Gasteiger partial charge in [0.1, 0.15) is 11.6 Å². The van der Waals surface area contributed by atoms with Crippen LogP contribution in [0.15, 0.2) is 35.5 Å². The number of benzene rings is 1. The maximum absolute atomic E-state index is 12.5. The Labute approximate surface area is 152 Å². The summed E-state index contributed by atoms with van der Waals surface area (Å²) in [5.41, 5.74) is 2.24. The summed E-state index contributed by atoms with van der Waals surface area (Å²) in [5, 5.41) is 7.40. The largest absolute Gasteiger partial charge is 0.357 e. The number of nitrogens with one attached hydrogen (secondary N) is 2. The second kappa shape index (κ2) is 8.11. The number of aromatic nitrogens is 1. The molecule has 2 heterocycles. The first-order valence-electron chi connectivity index (χ1n) is 8.49. The number of anilines is 1. The number of nitrogens with zero attached hydrogens (tertiary/aromatic N) is 3. The molecule has 1 aliphatic heterocycles. The quantitative estimate of drug-likeness (QED) is 0.635. The molecule has 0 saturated carbocycles. The molecule has 1 aromatic heterocycles. The van der Waals surface area contributed by atoms with Crippen LogP contribution < -0.4 is 15.5 Å². The van der Waals surface area contributed by atoms with Crippen molar-refractivity contribution >= 4 is 28.9 Å². The van der Waals surface area contributed by atoms with Gasteiger partial charge in [0.25, 0.3) is 0 Å². The van der Waals surface area contributed by atoms with Crippen molar-refractivity contribution in [2.45, 2.75) is 26.8 Å². The number of thiazole rings is 1. The van der Waals surface area contributed by atoms with E-state index in [1.165, 1.54) is 10.4 Å². The molecule has 1 aromatic carbocycles. The van der Waals surface area contributed by atoms with Gasteiger partial charge in [0.2, 0.25) is 5.91 Å². The summed E-state index contributed by atoms with van der Waals surface area (Å²) in [6.07, 6.45) is 2.77. The average Bonchev–Trinajstić information content (AvgIpc) is 3.23. The van der Waals surface area contributed by atoms with Crippen molar-refractivity contribution in [2.75, 3.05) is 24.5 Å². The van der Waals surface area contributed by atoms with E-state index in [1.807, 2.05) is 43.1 Å². The SMILES string of the molecule is CCNC(=NCC(=O)N1CCc2ccccc21)NCc1ncc(C)s1. The van der Waals surface area contributed by atoms with E-state index in [9.17, 15) is 4.79 Å². The minimum Gasteiger partial charge on any atom is -0.357 e. The molecule has 1 amide bonds. The Morgan fingerprint density at radius 3 is 2.96 bits per heavy atom. The number of guanidine groups is 1. The lowest BCUT2D eigenvalue weighted by atomic mass is 10.2. The standard InChI is InChI=1S/C18H23N5OS/c1-3-19-18(21-11-16-20-10-13(2)25-16)22-12-17(24)23-9-8-14-6-4-5-7-15(14)23/h4-7,10H,3,8-9,11-12H2,1-2H3,(H2,19,21,22). The second-order valence-corrected chi connectivity index (χ2v) is 7.16. The van der Waals surface area contributed by atoms with Crippen molar-refractivity contribution in [1.29, 1.82) is 0 Å². The van der Waals surface area contributed by atoms with Crippen LogP contribution in [0.2, 0.25) is 0 Å². The zero-order chi connectivity index (χ0) is 17.6. The van der Waals surface area contributed by atoms with Crippen LogP contribution in [0.4, 0.5) is 5.69 Å². The summed E-state index contributed by atoms with van der Waals surface area (Å²) in [4.78, 5) is 24.3. The fourth-order valence-electron chi connectivity index (χ4n) is 2.81. The monoisotopic (exact) mass is 357 g/mol. The Morgan fingerprint density at radius 2 is 2.20 bits per heavy atom. The highest BCUT2D eigenvalue weighted by molar-refractivity contribution is 7.11. The Kier molecular flexibility index (Phi) is 5.65. The Bertz CT molecular complexity index is 770. The number of hydrogen-bond donors (Lipinski definition) is 2. The number of fused-ring (bicyclic) bond motifs is 1. The smallest absolute Gasteiger partial charge is 0.248 e. The van der Waals surface area contributed by atoms with Crippen molar-refractivity contribution in [3.63, 3.8) is 0 Å². The summed E-state index contributed by atoms with van der Waals surface area (Å²) < 4.78 is 0. The molecule has 2 N–H and O–H groups in total. The third kappa shape index (κ3) is 4.36. The fraction of sp³-hybridized carbons (Fsp3) is 0.389. The molecule has 0 aliphatic carbocycles. The first kappa shape index (κ1) is 17.4. The molecule has 0 unspecified atom stereocenters. The van der Waals surface area contributed by atoms with Gasteiger partial charge in [-0.25, -0.2) is 9.98 Å². The molecular weight excluding hydrogens is 334 g/mol. The van der Waals surface area contributed by atoms with E-state index in [4.69, 9.17) is 0 Å². The molecule has 0 atom stereocenters. The third-order valence-corrected chi connectivity index (χ3v) is 4.89. The molecule has 0 spiro atoms. The lowest BCUT2D eigenvalue weighted by molar-refractivity contribution is -0.117. The molecular formula is C18H23N5OS. The van der Waals surface area contributed by atoms with Gasteiger partial charge in [0.15, 0.2) is 5.96 Å². The topological polar surface area (TPSA) is 69.6 Å². The molecule has 25 heavy (non-hydrogen) atoms. The van der Waals surface area contributed by atoms with E-state index in [2.05, 4.69) is 26.7 Å². The molecule has 3 rings (SSSR count). The van der Waals surface area contributed by atoms with Crippen molar-refractivity contribution < 1.29 is 4.79 Å². The third-order valence-electron chi connectivity index (χ3n) is 3.98. The summed E-state index contributed by atoms with van der Waals surface area (Å²) in [5.74, 6) is 0.656. The molecule has 0 radical (unpaired) electrons. The molecule has 0 fully saturated rings. The molecule has 2 aromatic rings. The molecule has 1 aliphatic rings. The minimum absolute atomic E-state index is 0.0206. The number of para-hydroxylation sites is 1. The van der Waals surface area contributed by atoms with Gasteiger partial charge >= 0.3 is 0 Å². The van der Waals surface area contributed by atoms with Crippen LogP contribution in [-0.4, -0.2) is 36.5 Å². The van der Waals surface area contributed by atoms with E-state index < -0.39 is 0 Å². The number of carbonyl (C=O) groups is 1. The van der Waals surface area contributed by atoms with Gasteiger partial charge in [0.05, 0.1) is 6.54 Å². The van der Waals surface area contributed by atoms with Crippen LogP contribution in [0, 0.1) is 6.92 Å². The normalized spacial score (nSPS) is 13.7. The Morgan fingerprint density at radius 1 is 1.36 bits per heavy atom. The number of rotatable bonds is 5. The summed E-state index contributed by atoms with van der Waals surface area (Å²) in [6, 6.07) is 8.06. The number of aryl methyl sites for hydroxylation is 1. The van der Waals surface area contributed by atoms with Gasteiger partial charge in [-0.15, -0.1) is 11.3 Å². The van der Waals surface area contributed by atoms with Crippen LogP contribution in [0.3, 0.4) is 0 Å². The summed E-state index contributed by atoms with van der Waals surface area (Å²) >= 11 is 1.65. The van der Waals surface area contributed by atoms with Crippen molar-refractivity contribution in [1.82, 2.24) is 15.6 Å². The number of aliphatic imine (C=N–C) groups is 1. The van der Waals surface area contributed by atoms with Crippen LogP contribution in [0.25, 0.3) is 0 Å². The predicted molar refractivity (Wildman–Crippen MR) is 102 cm³/mol. The molecule has 0 bridgehead atoms. The van der Waals surface area contributed by atoms with E-state index in [0.717, 1.165) is 30.2 Å². The highest BCUT2D eigenvalue weighted by Crippen LogP contribution is 2.27. The van der Waals surface area contributed by atoms with Crippen LogP contribution >= 0.6 is 11.3 Å². The summed E-state index contributed by atoms with van der Waals surface area (Å²) in [6.45, 7) is 6.24. The molecule has 0 saturated heterocycles. The molecule has 7 heteroatoms. The van der Waals surface area contributed by atoms with Gasteiger partial charge < -0.3 is 15.5 Å². The van der Waals surface area contributed by atoms with Crippen molar-refractivity contribution in [3.8, 4) is 0 Å². The van der Waals surface area contributed by atoms with E-state index in [1.54, 1.807) is 11.3 Å². The second-order valence-electron chi connectivity index (χ2n) is 5.84. The van der Waals surface area contributed by atoms with Crippen LogP contribution in [0.5, 0.6) is 0 Å². The Hall–Kier alpha value is -2.41. The van der Waals surface area contributed by atoms with Gasteiger partial charge in [-0.2, -0.15) is 0 Å². The number of amides is 1. The van der Waals surface area contributed by atoms with Crippen LogP contribution in [0.1, 0.15) is 22.4 Å². The zero-order valence-corrected chi connectivity index (χ0v) is 15.4. The van der Waals surface area contributed by atoms with Crippen molar-refractivity contribution in [2.24, 2.45) is 4.99 Å². The highest BCUT2D eigenvalue weighted by atomic mass is 32.1. The van der Waals surface area contributed by atoms with Gasteiger partial charge in [0, 0.05) is 29.9 Å². The minimum atomic E-state index is 0.0206. The van der Waals surface area contributed by atoms with Gasteiger partial charge in [-0.1, -0.05) is 18.2 Å². The maximum Gasteiger partial charge on any atom is 0.248 e. The van der Waals surface area contributed by atoms with Gasteiger partial charge in [-0.05, 0) is 31.9 Å². The number of carbonyl (C=O) groups excluding carboxylic acids is 1. The lowest BCUT2D eigenvalue weighted by Crippen LogP contribution is -2.38. The first-order chi connectivity index (χ1) is 12.2. The van der Waals surface area contributed by atoms with Crippen molar-refractivity contribution in [3.05, 3.63) is 45.9 Å². The number of hydrogen-bond acceptors (Lipinski definition) is 4. The van der Waals surface area contributed by atoms with E-state index in [-0.39, 0.29) is 12.5 Å². The fourth-order valence-corrected chi connectivity index (χ4v) is 3.54. The first-order valence-corrected chi connectivity index (χ1v) is 9.30. The molecule has 132 valence electrons. The maximum atomic E-state index is 12.5. The summed E-state index contributed by atoms with van der Waals surface area (Å²) in [7, 11) is 0. The molecule has 6 nitrogen and oxygen atoms in total. The average molecular weight is 357 g/mol. The van der Waals surface area contributed by atoms with E-state index >= 15 is 0 Å².